The fourth-order valence-electron chi connectivity index (χ4n) is 4.36. The normalized spacial score (nSPS) is 11.6. The molecule has 224 valence electrons. The maximum Gasteiger partial charge on any atom is 0.325 e. The van der Waals surface area contributed by atoms with Gasteiger partial charge in [-0.2, -0.15) is 0 Å². The zero-order valence-corrected chi connectivity index (χ0v) is 25.2. The third-order valence-electron chi connectivity index (χ3n) is 6.59. The Kier molecular flexibility index (Phi) is 12.6. The summed E-state index contributed by atoms with van der Waals surface area (Å²) < 4.78 is 21.1. The van der Waals surface area contributed by atoms with E-state index in [4.69, 9.17) is 18.9 Å². The van der Waals surface area contributed by atoms with Gasteiger partial charge in [0.25, 0.3) is 0 Å². The molecule has 0 saturated carbocycles. The number of hydrogen-bond acceptors (Lipinski definition) is 8. The minimum absolute atomic E-state index is 0.0744. The Bertz CT molecular complexity index is 1210. The molecule has 0 aliphatic carbocycles. The zero-order valence-electron chi connectivity index (χ0n) is 25.2. The molecule has 2 rings (SSSR count). The number of methoxy groups -OCH3 is 3. The first kappa shape index (κ1) is 33.1. The van der Waals surface area contributed by atoms with E-state index >= 15 is 0 Å². The lowest BCUT2D eigenvalue weighted by molar-refractivity contribution is -0.144. The third-order valence-corrected chi connectivity index (χ3v) is 6.59. The molecule has 0 aromatic heterocycles. The van der Waals surface area contributed by atoms with Crippen molar-refractivity contribution in [2.75, 3.05) is 39.4 Å². The predicted octanol–water partition coefficient (Wildman–Crippen LogP) is 4.66. The summed E-state index contributed by atoms with van der Waals surface area (Å²) >= 11 is 0. The second-order valence-corrected chi connectivity index (χ2v) is 10.0. The molecule has 0 aliphatic rings. The Hall–Kier alpha value is -4.08. The Morgan fingerprint density at radius 3 is 1.90 bits per heavy atom. The smallest absolute Gasteiger partial charge is 0.325 e. The van der Waals surface area contributed by atoms with Crippen LogP contribution in [0.1, 0.15) is 82.0 Å². The van der Waals surface area contributed by atoms with Crippen LogP contribution in [0.5, 0.6) is 11.5 Å². The number of nitrogens with one attached hydrogen (secondary N) is 1. The molecule has 0 aliphatic heterocycles. The molecule has 0 fully saturated rings. The maximum atomic E-state index is 13.9. The number of anilines is 1. The van der Waals surface area contributed by atoms with E-state index in [2.05, 4.69) is 5.32 Å². The van der Waals surface area contributed by atoms with Crippen molar-refractivity contribution in [1.82, 2.24) is 5.32 Å². The fourth-order valence-corrected chi connectivity index (χ4v) is 4.36. The average Bonchev–Trinajstić information content (AvgIpc) is 2.96. The highest BCUT2D eigenvalue weighted by molar-refractivity contribution is 6.03. The van der Waals surface area contributed by atoms with Crippen LogP contribution in [-0.4, -0.2) is 58.2 Å². The summed E-state index contributed by atoms with van der Waals surface area (Å²) in [6.45, 7) is 9.52. The van der Waals surface area contributed by atoms with Crippen molar-refractivity contribution in [2.45, 2.75) is 65.3 Å². The molecule has 0 spiro atoms. The largest absolute Gasteiger partial charge is 0.496 e. The monoisotopic (exact) mass is 570 g/mol. The zero-order chi connectivity index (χ0) is 30.7. The van der Waals surface area contributed by atoms with Gasteiger partial charge in [-0.1, -0.05) is 39.8 Å². The van der Waals surface area contributed by atoms with E-state index in [0.29, 0.717) is 22.7 Å². The topological polar surface area (TPSA) is 120 Å². The number of hydrogen-bond donors (Lipinski definition) is 1. The molecular formula is C31H42N2O8. The van der Waals surface area contributed by atoms with Crippen molar-refractivity contribution in [3.8, 4) is 11.5 Å². The van der Waals surface area contributed by atoms with Crippen LogP contribution < -0.4 is 19.7 Å². The molecular weight excluding hydrogens is 528 g/mol. The van der Waals surface area contributed by atoms with E-state index in [0.717, 1.165) is 11.1 Å². The standard InChI is InChI=1S/C31H42N2O8/c1-9-41-29(36)18-32-31(37)30(24-17-25(38-6)23(20(4)5)16-26(24)39-7)33(27(34)14-15-28(35)40-8)22-12-10-21(11-13-22)19(2)3/h10-13,16-17,19-20,30H,9,14-15,18H2,1-8H3,(H,32,37). The van der Waals surface area contributed by atoms with Crippen molar-refractivity contribution < 1.29 is 38.1 Å². The van der Waals surface area contributed by atoms with Gasteiger partial charge in [-0.15, -0.1) is 0 Å². The van der Waals surface area contributed by atoms with Gasteiger partial charge in [-0.3, -0.25) is 24.1 Å². The molecule has 10 nitrogen and oxygen atoms in total. The van der Waals surface area contributed by atoms with E-state index in [1.54, 1.807) is 31.2 Å². The van der Waals surface area contributed by atoms with Crippen LogP contribution in [0.25, 0.3) is 0 Å². The predicted molar refractivity (Wildman–Crippen MR) is 155 cm³/mol. The highest BCUT2D eigenvalue weighted by Gasteiger charge is 2.36. The summed E-state index contributed by atoms with van der Waals surface area (Å²) in [5.74, 6) is -1.14. The van der Waals surface area contributed by atoms with Gasteiger partial charge in [0.15, 0.2) is 0 Å². The van der Waals surface area contributed by atoms with E-state index in [1.807, 2.05) is 39.8 Å². The first-order valence-electron chi connectivity index (χ1n) is 13.7. The van der Waals surface area contributed by atoms with Gasteiger partial charge in [-0.05, 0) is 48.6 Å². The fraction of sp³-hybridized carbons (Fsp3) is 0.484. The van der Waals surface area contributed by atoms with Crippen molar-refractivity contribution in [3.05, 3.63) is 53.1 Å². The lowest BCUT2D eigenvalue weighted by Gasteiger charge is -2.33. The summed E-state index contributed by atoms with van der Waals surface area (Å²) in [7, 11) is 4.25. The summed E-state index contributed by atoms with van der Waals surface area (Å²) in [5, 5.41) is 2.61. The SMILES string of the molecule is CCOC(=O)CNC(=O)C(c1cc(OC)c(C(C)C)cc1OC)N(C(=O)CCC(=O)OC)c1ccc(C(C)C)cc1. The van der Waals surface area contributed by atoms with Crippen LogP contribution in [0.3, 0.4) is 0 Å². The van der Waals surface area contributed by atoms with E-state index in [9.17, 15) is 19.2 Å². The summed E-state index contributed by atoms with van der Waals surface area (Å²) in [6.07, 6.45) is -0.399. The molecule has 1 N–H and O–H groups in total. The van der Waals surface area contributed by atoms with Gasteiger partial charge >= 0.3 is 11.9 Å². The van der Waals surface area contributed by atoms with Crippen molar-refractivity contribution in [1.29, 1.82) is 0 Å². The number of ether oxygens (including phenoxy) is 4. The van der Waals surface area contributed by atoms with E-state index in [1.165, 1.54) is 26.2 Å². The Morgan fingerprint density at radius 1 is 0.805 bits per heavy atom. The number of nitrogens with zero attached hydrogens (tertiary/aromatic N) is 1. The third kappa shape index (κ3) is 8.70. The number of carbonyl (C=O) groups is 4. The van der Waals surface area contributed by atoms with Gasteiger partial charge in [0.2, 0.25) is 11.8 Å². The molecule has 0 heterocycles. The number of rotatable bonds is 14. The average molecular weight is 571 g/mol. The molecule has 41 heavy (non-hydrogen) atoms. The number of amides is 2. The lowest BCUT2D eigenvalue weighted by Crippen LogP contribution is -2.45. The van der Waals surface area contributed by atoms with Crippen molar-refractivity contribution in [3.63, 3.8) is 0 Å². The minimum atomic E-state index is -1.29. The second kappa shape index (κ2) is 15.6. The molecule has 1 atom stereocenters. The van der Waals surface area contributed by atoms with Gasteiger partial charge in [0.1, 0.15) is 24.1 Å². The summed E-state index contributed by atoms with van der Waals surface area (Å²) in [5.41, 5.74) is 2.66. The second-order valence-electron chi connectivity index (χ2n) is 10.0. The van der Waals surface area contributed by atoms with Crippen molar-refractivity contribution in [2.24, 2.45) is 0 Å². The summed E-state index contributed by atoms with van der Waals surface area (Å²) in [6, 6.07) is 9.44. The lowest BCUT2D eigenvalue weighted by atomic mass is 9.94. The van der Waals surface area contributed by atoms with Gasteiger partial charge in [-0.25, -0.2) is 0 Å². The molecule has 2 aromatic rings. The van der Waals surface area contributed by atoms with Gasteiger partial charge < -0.3 is 24.3 Å². The minimum Gasteiger partial charge on any atom is -0.496 e. The Balaban J connectivity index is 2.79. The van der Waals surface area contributed by atoms with Crippen LogP contribution >= 0.6 is 0 Å². The highest BCUT2D eigenvalue weighted by Crippen LogP contribution is 2.40. The Labute approximate surface area is 242 Å². The molecule has 0 radical (unpaired) electrons. The van der Waals surface area contributed by atoms with Crippen molar-refractivity contribution >= 4 is 29.4 Å². The van der Waals surface area contributed by atoms with Gasteiger partial charge in [0.05, 0.1) is 34.4 Å². The first-order valence-corrected chi connectivity index (χ1v) is 13.7. The molecule has 2 amide bonds. The van der Waals surface area contributed by atoms with Crippen LogP contribution in [0.15, 0.2) is 36.4 Å². The van der Waals surface area contributed by atoms with E-state index < -0.39 is 36.3 Å². The first-order chi connectivity index (χ1) is 19.5. The quantitative estimate of drug-likeness (QED) is 0.326. The van der Waals surface area contributed by atoms with Crippen LogP contribution in [0, 0.1) is 0 Å². The van der Waals surface area contributed by atoms with Gasteiger partial charge in [0, 0.05) is 23.2 Å². The molecule has 10 heteroatoms. The number of esters is 2. The number of benzene rings is 2. The van der Waals surface area contributed by atoms with Crippen LogP contribution in [-0.2, 0) is 28.7 Å². The molecule has 2 aromatic carbocycles. The molecule has 0 saturated heterocycles. The highest BCUT2D eigenvalue weighted by atomic mass is 16.5. The molecule has 1 unspecified atom stereocenters. The Morgan fingerprint density at radius 2 is 1.39 bits per heavy atom. The number of carbonyl (C=O) groups excluding carboxylic acids is 4. The maximum absolute atomic E-state index is 13.9. The van der Waals surface area contributed by atoms with E-state index in [-0.39, 0.29) is 31.3 Å². The van der Waals surface area contributed by atoms with Crippen LogP contribution in [0.4, 0.5) is 5.69 Å². The molecule has 0 bridgehead atoms. The summed E-state index contributed by atoms with van der Waals surface area (Å²) in [4.78, 5) is 53.1. The van der Waals surface area contributed by atoms with Crippen LogP contribution in [0.2, 0.25) is 0 Å².